The van der Waals surface area contributed by atoms with Gasteiger partial charge in [-0.05, 0) is 57.3 Å². The van der Waals surface area contributed by atoms with Crippen LogP contribution in [0.2, 0.25) is 0 Å². The number of piperidine rings is 1. The van der Waals surface area contributed by atoms with Gasteiger partial charge in [0.05, 0.1) is 12.5 Å². The maximum absolute atomic E-state index is 11.6. The smallest absolute Gasteiger partial charge is 0.309 e. The number of thioether (sulfide) groups is 1. The van der Waals surface area contributed by atoms with E-state index in [-0.39, 0.29) is 11.9 Å². The SMILES string of the molecule is CCOC(=O)C1CCN(CCCSCC)CC1. The molecule has 0 unspecified atom stereocenters. The van der Waals surface area contributed by atoms with E-state index >= 15 is 0 Å². The number of esters is 1. The molecule has 1 rings (SSSR count). The van der Waals surface area contributed by atoms with E-state index in [4.69, 9.17) is 4.74 Å². The van der Waals surface area contributed by atoms with Gasteiger partial charge >= 0.3 is 5.97 Å². The summed E-state index contributed by atoms with van der Waals surface area (Å²) in [5, 5.41) is 0. The molecule has 17 heavy (non-hydrogen) atoms. The van der Waals surface area contributed by atoms with E-state index in [1.165, 1.54) is 24.5 Å². The molecule has 100 valence electrons. The molecule has 0 aliphatic carbocycles. The lowest BCUT2D eigenvalue weighted by atomic mass is 9.97. The summed E-state index contributed by atoms with van der Waals surface area (Å²) in [5.41, 5.74) is 0. The van der Waals surface area contributed by atoms with E-state index < -0.39 is 0 Å². The summed E-state index contributed by atoms with van der Waals surface area (Å²) >= 11 is 2.01. The van der Waals surface area contributed by atoms with Gasteiger partial charge in [0.15, 0.2) is 0 Å². The van der Waals surface area contributed by atoms with Crippen LogP contribution in [0, 0.1) is 5.92 Å². The Bertz CT molecular complexity index is 215. The molecule has 0 aromatic rings. The highest BCUT2D eigenvalue weighted by Gasteiger charge is 2.25. The van der Waals surface area contributed by atoms with Crippen molar-refractivity contribution in [3.05, 3.63) is 0 Å². The van der Waals surface area contributed by atoms with Gasteiger partial charge in [-0.3, -0.25) is 4.79 Å². The monoisotopic (exact) mass is 259 g/mol. The third-order valence-electron chi connectivity index (χ3n) is 3.17. The van der Waals surface area contributed by atoms with E-state index in [9.17, 15) is 4.79 Å². The predicted molar refractivity (Wildman–Crippen MR) is 73.4 cm³/mol. The zero-order valence-electron chi connectivity index (χ0n) is 11.1. The molecule has 1 aliphatic heterocycles. The molecule has 0 N–H and O–H groups in total. The van der Waals surface area contributed by atoms with Crippen LogP contribution in [0.5, 0.6) is 0 Å². The lowest BCUT2D eigenvalue weighted by molar-refractivity contribution is -0.149. The number of ether oxygens (including phenoxy) is 1. The maximum Gasteiger partial charge on any atom is 0.309 e. The first-order valence-electron chi connectivity index (χ1n) is 6.74. The molecule has 0 aromatic heterocycles. The fourth-order valence-corrected chi connectivity index (χ4v) is 2.81. The summed E-state index contributed by atoms with van der Waals surface area (Å²) in [5.74, 6) is 2.63. The number of carbonyl (C=O) groups is 1. The van der Waals surface area contributed by atoms with Crippen LogP contribution in [0.1, 0.15) is 33.1 Å². The van der Waals surface area contributed by atoms with Crippen molar-refractivity contribution in [3.63, 3.8) is 0 Å². The quantitative estimate of drug-likeness (QED) is 0.519. The molecule has 0 amide bonds. The van der Waals surface area contributed by atoms with Gasteiger partial charge in [0.25, 0.3) is 0 Å². The lowest BCUT2D eigenvalue weighted by Gasteiger charge is -2.30. The van der Waals surface area contributed by atoms with Crippen molar-refractivity contribution in [1.82, 2.24) is 4.90 Å². The number of carbonyl (C=O) groups excluding carboxylic acids is 1. The second-order valence-corrected chi connectivity index (χ2v) is 5.81. The Balaban J connectivity index is 2.11. The minimum Gasteiger partial charge on any atom is -0.466 e. The van der Waals surface area contributed by atoms with Crippen molar-refractivity contribution in [3.8, 4) is 0 Å². The van der Waals surface area contributed by atoms with Gasteiger partial charge in [-0.1, -0.05) is 6.92 Å². The summed E-state index contributed by atoms with van der Waals surface area (Å²) in [6.07, 6.45) is 3.21. The van der Waals surface area contributed by atoms with Crippen molar-refractivity contribution in [2.75, 3.05) is 37.7 Å². The number of hydrogen-bond acceptors (Lipinski definition) is 4. The highest BCUT2D eigenvalue weighted by Crippen LogP contribution is 2.19. The first kappa shape index (κ1) is 14.8. The first-order valence-corrected chi connectivity index (χ1v) is 7.90. The van der Waals surface area contributed by atoms with Gasteiger partial charge < -0.3 is 9.64 Å². The van der Waals surface area contributed by atoms with Gasteiger partial charge in [0.2, 0.25) is 0 Å². The molecular formula is C13H25NO2S. The van der Waals surface area contributed by atoms with Crippen LogP contribution < -0.4 is 0 Å². The van der Waals surface area contributed by atoms with Crippen molar-refractivity contribution < 1.29 is 9.53 Å². The van der Waals surface area contributed by atoms with Crippen molar-refractivity contribution in [2.45, 2.75) is 33.1 Å². The van der Waals surface area contributed by atoms with Crippen LogP contribution in [0.4, 0.5) is 0 Å². The van der Waals surface area contributed by atoms with Crippen molar-refractivity contribution in [2.24, 2.45) is 5.92 Å². The third-order valence-corrected chi connectivity index (χ3v) is 4.16. The first-order chi connectivity index (χ1) is 8.27. The van der Waals surface area contributed by atoms with Gasteiger partial charge in [-0.25, -0.2) is 0 Å². The predicted octanol–water partition coefficient (Wildman–Crippen LogP) is 2.40. The molecule has 1 saturated heterocycles. The lowest BCUT2D eigenvalue weighted by Crippen LogP contribution is -2.37. The summed E-state index contributed by atoms with van der Waals surface area (Å²) in [6.45, 7) is 7.88. The molecule has 0 aromatic carbocycles. The Hall–Kier alpha value is -0.220. The normalized spacial score (nSPS) is 18.2. The third kappa shape index (κ3) is 5.77. The number of rotatable bonds is 7. The molecule has 1 fully saturated rings. The van der Waals surface area contributed by atoms with Gasteiger partial charge in [0.1, 0.15) is 0 Å². The Morgan fingerprint density at radius 3 is 2.65 bits per heavy atom. The van der Waals surface area contributed by atoms with E-state index in [0.29, 0.717) is 6.61 Å². The van der Waals surface area contributed by atoms with Gasteiger partial charge in [-0.2, -0.15) is 11.8 Å². The van der Waals surface area contributed by atoms with Crippen LogP contribution >= 0.6 is 11.8 Å². The highest BCUT2D eigenvalue weighted by molar-refractivity contribution is 7.99. The summed E-state index contributed by atoms with van der Waals surface area (Å²) < 4.78 is 5.07. The number of nitrogens with zero attached hydrogens (tertiary/aromatic N) is 1. The zero-order valence-corrected chi connectivity index (χ0v) is 11.9. The molecule has 0 saturated carbocycles. The summed E-state index contributed by atoms with van der Waals surface area (Å²) in [6, 6.07) is 0. The largest absolute Gasteiger partial charge is 0.466 e. The number of likely N-dealkylation sites (tertiary alicyclic amines) is 1. The van der Waals surface area contributed by atoms with Crippen LogP contribution in [0.25, 0.3) is 0 Å². The summed E-state index contributed by atoms with van der Waals surface area (Å²) in [7, 11) is 0. The average molecular weight is 259 g/mol. The van der Waals surface area contributed by atoms with Crippen LogP contribution in [0.3, 0.4) is 0 Å². The molecule has 4 heteroatoms. The molecule has 0 bridgehead atoms. The standard InChI is InChI=1S/C13H25NO2S/c1-3-16-13(15)12-6-9-14(10-7-12)8-5-11-17-4-2/h12H,3-11H2,1-2H3. The molecular weight excluding hydrogens is 234 g/mol. The van der Waals surface area contributed by atoms with E-state index in [2.05, 4.69) is 11.8 Å². The maximum atomic E-state index is 11.6. The second-order valence-electron chi connectivity index (χ2n) is 4.42. The molecule has 1 heterocycles. The Morgan fingerprint density at radius 2 is 2.06 bits per heavy atom. The second kappa shape index (κ2) is 8.81. The Kier molecular flexibility index (Phi) is 7.69. The topological polar surface area (TPSA) is 29.5 Å². The Labute approximate surface area is 109 Å². The minimum atomic E-state index is 0.00804. The van der Waals surface area contributed by atoms with E-state index in [1.807, 2.05) is 18.7 Å². The molecule has 3 nitrogen and oxygen atoms in total. The van der Waals surface area contributed by atoms with Crippen molar-refractivity contribution in [1.29, 1.82) is 0 Å². The Morgan fingerprint density at radius 1 is 1.35 bits per heavy atom. The molecule has 1 aliphatic rings. The van der Waals surface area contributed by atoms with E-state index in [1.54, 1.807) is 0 Å². The van der Waals surface area contributed by atoms with Gasteiger partial charge in [0, 0.05) is 0 Å². The highest BCUT2D eigenvalue weighted by atomic mass is 32.2. The van der Waals surface area contributed by atoms with Crippen LogP contribution in [-0.2, 0) is 9.53 Å². The van der Waals surface area contributed by atoms with E-state index in [0.717, 1.165) is 25.9 Å². The average Bonchev–Trinajstić information content (AvgIpc) is 2.36. The molecule has 0 radical (unpaired) electrons. The fraction of sp³-hybridized carbons (Fsp3) is 0.923. The van der Waals surface area contributed by atoms with Crippen molar-refractivity contribution >= 4 is 17.7 Å². The number of hydrogen-bond donors (Lipinski definition) is 0. The zero-order chi connectivity index (χ0) is 12.5. The fourth-order valence-electron chi connectivity index (χ4n) is 2.19. The van der Waals surface area contributed by atoms with Crippen LogP contribution in [-0.4, -0.2) is 48.6 Å². The molecule has 0 atom stereocenters. The van der Waals surface area contributed by atoms with Gasteiger partial charge in [-0.15, -0.1) is 0 Å². The summed E-state index contributed by atoms with van der Waals surface area (Å²) in [4.78, 5) is 14.0. The van der Waals surface area contributed by atoms with Crippen LogP contribution in [0.15, 0.2) is 0 Å². The molecule has 0 spiro atoms. The minimum absolute atomic E-state index is 0.00804.